The number of nitrogens with zero attached hydrogens (tertiary/aromatic N) is 3. The summed E-state index contributed by atoms with van der Waals surface area (Å²) in [6, 6.07) is 37.4. The van der Waals surface area contributed by atoms with Crippen LogP contribution in [-0.2, 0) is 0 Å². The molecule has 5 rings (SSSR count). The molecule has 1 heterocycles. The summed E-state index contributed by atoms with van der Waals surface area (Å²) in [6.07, 6.45) is 0. The zero-order chi connectivity index (χ0) is 21.9. The monoisotopic (exact) mass is 413 g/mol. The molecule has 0 radical (unpaired) electrons. The van der Waals surface area contributed by atoms with Gasteiger partial charge in [-0.3, -0.25) is 4.57 Å². The number of hydrogen-bond donors (Lipinski definition) is 0. The summed E-state index contributed by atoms with van der Waals surface area (Å²) < 4.78 is 2.12. The summed E-state index contributed by atoms with van der Waals surface area (Å²) >= 11 is 0. The smallest absolute Gasteiger partial charge is 0.168 e. The Morgan fingerprint density at radius 3 is 1.53 bits per heavy atom. The SMILES string of the molecule is C=C(C)c1ccc(-c2nnc(-c3ccc(-c4ccccc4)cc3)n2-c2ccccc2)cc1. The summed E-state index contributed by atoms with van der Waals surface area (Å²) in [5.74, 6) is 1.63. The fourth-order valence-electron chi connectivity index (χ4n) is 3.83. The highest BCUT2D eigenvalue weighted by Crippen LogP contribution is 2.30. The summed E-state index contributed by atoms with van der Waals surface area (Å²) in [7, 11) is 0. The van der Waals surface area contributed by atoms with Crippen LogP contribution in [0.1, 0.15) is 12.5 Å². The highest BCUT2D eigenvalue weighted by Gasteiger charge is 2.17. The van der Waals surface area contributed by atoms with E-state index in [4.69, 9.17) is 0 Å². The van der Waals surface area contributed by atoms with Crippen LogP contribution in [0.15, 0.2) is 116 Å². The summed E-state index contributed by atoms with van der Waals surface area (Å²) in [5.41, 5.74) is 7.59. The Labute approximate surface area is 188 Å². The highest BCUT2D eigenvalue weighted by atomic mass is 15.3. The molecule has 0 fully saturated rings. The molecule has 0 saturated heterocycles. The fraction of sp³-hybridized carbons (Fsp3) is 0.0345. The van der Waals surface area contributed by atoms with Gasteiger partial charge in [0.25, 0.3) is 0 Å². The average molecular weight is 414 g/mol. The van der Waals surface area contributed by atoms with Crippen molar-refractivity contribution in [3.63, 3.8) is 0 Å². The number of allylic oxidation sites excluding steroid dienone is 1. The number of benzene rings is 4. The Bertz CT molecular complexity index is 1350. The first kappa shape index (κ1) is 19.7. The van der Waals surface area contributed by atoms with E-state index in [-0.39, 0.29) is 0 Å². The summed E-state index contributed by atoms with van der Waals surface area (Å²) in [5, 5.41) is 9.18. The second-order valence-electron chi connectivity index (χ2n) is 7.82. The second-order valence-corrected chi connectivity index (χ2v) is 7.82. The van der Waals surface area contributed by atoms with Crippen molar-refractivity contribution in [1.29, 1.82) is 0 Å². The minimum atomic E-state index is 0.812. The lowest BCUT2D eigenvalue weighted by molar-refractivity contribution is 1.07. The summed E-state index contributed by atoms with van der Waals surface area (Å²) in [6.45, 7) is 6.05. The van der Waals surface area contributed by atoms with Gasteiger partial charge in [0, 0.05) is 16.8 Å². The Hall–Kier alpha value is -4.24. The largest absolute Gasteiger partial charge is 0.275 e. The van der Waals surface area contributed by atoms with Crippen LogP contribution in [0.4, 0.5) is 0 Å². The third kappa shape index (κ3) is 3.77. The van der Waals surface area contributed by atoms with Gasteiger partial charge in [0.1, 0.15) is 0 Å². The third-order valence-electron chi connectivity index (χ3n) is 5.56. The molecule has 3 heteroatoms. The van der Waals surface area contributed by atoms with Crippen molar-refractivity contribution in [3.05, 3.63) is 121 Å². The van der Waals surface area contributed by atoms with Crippen molar-refractivity contribution in [3.8, 4) is 39.6 Å². The molecule has 0 saturated carbocycles. The van der Waals surface area contributed by atoms with Crippen molar-refractivity contribution in [2.75, 3.05) is 0 Å². The van der Waals surface area contributed by atoms with Crippen LogP contribution in [0.2, 0.25) is 0 Å². The highest BCUT2D eigenvalue weighted by molar-refractivity contribution is 5.72. The maximum Gasteiger partial charge on any atom is 0.168 e. The predicted molar refractivity (Wildman–Crippen MR) is 132 cm³/mol. The Balaban J connectivity index is 1.61. The van der Waals surface area contributed by atoms with Crippen molar-refractivity contribution in [1.82, 2.24) is 14.8 Å². The van der Waals surface area contributed by atoms with Gasteiger partial charge in [0.15, 0.2) is 11.6 Å². The lowest BCUT2D eigenvalue weighted by Gasteiger charge is -2.12. The molecular formula is C29H23N3. The van der Waals surface area contributed by atoms with Crippen LogP contribution >= 0.6 is 0 Å². The molecule has 0 aliphatic rings. The van der Waals surface area contributed by atoms with E-state index in [1.54, 1.807) is 0 Å². The first-order chi connectivity index (χ1) is 15.7. The van der Waals surface area contributed by atoms with Gasteiger partial charge in [-0.2, -0.15) is 0 Å². The number of para-hydroxylation sites is 1. The Morgan fingerprint density at radius 1 is 0.562 bits per heavy atom. The second kappa shape index (κ2) is 8.48. The Kier molecular flexibility index (Phi) is 5.22. The van der Waals surface area contributed by atoms with Gasteiger partial charge in [0.05, 0.1) is 0 Å². The van der Waals surface area contributed by atoms with Crippen molar-refractivity contribution >= 4 is 5.57 Å². The molecule has 154 valence electrons. The molecule has 4 aromatic carbocycles. The number of aromatic nitrogens is 3. The van der Waals surface area contributed by atoms with Crippen LogP contribution in [0.5, 0.6) is 0 Å². The Morgan fingerprint density at radius 2 is 1.00 bits per heavy atom. The lowest BCUT2D eigenvalue weighted by Crippen LogP contribution is -2.00. The van der Waals surface area contributed by atoms with Gasteiger partial charge in [-0.05, 0) is 35.7 Å². The van der Waals surface area contributed by atoms with Crippen molar-refractivity contribution in [2.24, 2.45) is 0 Å². The first-order valence-corrected chi connectivity index (χ1v) is 10.6. The molecule has 5 aromatic rings. The first-order valence-electron chi connectivity index (χ1n) is 10.6. The molecule has 0 amide bonds. The van der Waals surface area contributed by atoms with E-state index in [0.29, 0.717) is 0 Å². The topological polar surface area (TPSA) is 30.7 Å². The van der Waals surface area contributed by atoms with E-state index in [0.717, 1.165) is 39.6 Å². The van der Waals surface area contributed by atoms with Gasteiger partial charge < -0.3 is 0 Å². The van der Waals surface area contributed by atoms with Gasteiger partial charge in [-0.25, -0.2) is 0 Å². The molecule has 0 bridgehead atoms. The van der Waals surface area contributed by atoms with E-state index >= 15 is 0 Å². The fourth-order valence-corrected chi connectivity index (χ4v) is 3.83. The molecule has 0 aliphatic carbocycles. The lowest BCUT2D eigenvalue weighted by atomic mass is 10.0. The van der Waals surface area contributed by atoms with Crippen LogP contribution in [0.3, 0.4) is 0 Å². The average Bonchev–Trinajstić information content (AvgIpc) is 3.30. The normalized spacial score (nSPS) is 10.8. The quantitative estimate of drug-likeness (QED) is 0.303. The van der Waals surface area contributed by atoms with Crippen LogP contribution < -0.4 is 0 Å². The zero-order valence-corrected chi connectivity index (χ0v) is 17.9. The van der Waals surface area contributed by atoms with E-state index in [2.05, 4.69) is 106 Å². The van der Waals surface area contributed by atoms with Crippen LogP contribution in [0.25, 0.3) is 45.2 Å². The minimum absolute atomic E-state index is 0.812. The molecule has 0 aliphatic heterocycles. The maximum atomic E-state index is 4.59. The number of rotatable bonds is 5. The molecular weight excluding hydrogens is 390 g/mol. The summed E-state index contributed by atoms with van der Waals surface area (Å²) in [4.78, 5) is 0. The third-order valence-corrected chi connectivity index (χ3v) is 5.56. The standard InChI is InChI=1S/C29H23N3/c1-21(2)22-13-17-25(18-14-22)28-30-31-29(32(28)27-11-7-4-8-12-27)26-19-15-24(16-20-26)23-9-5-3-6-10-23/h3-20H,1H2,2H3. The van der Waals surface area contributed by atoms with Gasteiger partial charge in [-0.15, -0.1) is 10.2 Å². The van der Waals surface area contributed by atoms with E-state index in [9.17, 15) is 0 Å². The molecule has 0 spiro atoms. The van der Waals surface area contributed by atoms with Crippen molar-refractivity contribution < 1.29 is 0 Å². The molecule has 3 nitrogen and oxygen atoms in total. The van der Waals surface area contributed by atoms with Gasteiger partial charge in [0.2, 0.25) is 0 Å². The molecule has 0 atom stereocenters. The van der Waals surface area contributed by atoms with Crippen molar-refractivity contribution in [2.45, 2.75) is 6.92 Å². The van der Waals surface area contributed by atoms with Gasteiger partial charge >= 0.3 is 0 Å². The number of hydrogen-bond acceptors (Lipinski definition) is 2. The van der Waals surface area contributed by atoms with Crippen LogP contribution in [0, 0.1) is 0 Å². The zero-order valence-electron chi connectivity index (χ0n) is 17.9. The predicted octanol–water partition coefficient (Wildman–Crippen LogP) is 7.30. The molecule has 0 unspecified atom stereocenters. The van der Waals surface area contributed by atoms with E-state index < -0.39 is 0 Å². The minimum Gasteiger partial charge on any atom is -0.275 e. The molecule has 0 N–H and O–H groups in total. The van der Waals surface area contributed by atoms with E-state index in [1.165, 1.54) is 11.1 Å². The van der Waals surface area contributed by atoms with Gasteiger partial charge in [-0.1, -0.05) is 109 Å². The molecule has 1 aromatic heterocycles. The van der Waals surface area contributed by atoms with E-state index in [1.807, 2.05) is 31.2 Å². The molecule has 32 heavy (non-hydrogen) atoms. The maximum absolute atomic E-state index is 4.59. The van der Waals surface area contributed by atoms with Crippen LogP contribution in [-0.4, -0.2) is 14.8 Å².